The molecule has 0 saturated carbocycles. The van der Waals surface area contributed by atoms with Gasteiger partial charge in [0.1, 0.15) is 17.3 Å². The van der Waals surface area contributed by atoms with E-state index >= 15 is 0 Å². The predicted molar refractivity (Wildman–Crippen MR) is 100 cm³/mol. The molecule has 132 valence electrons. The summed E-state index contributed by atoms with van der Waals surface area (Å²) in [5, 5.41) is 3.59. The Morgan fingerprint density at radius 2 is 1.92 bits per heavy atom. The Balaban J connectivity index is 1.34. The smallest absolute Gasteiger partial charge is 0.224 e. The molecule has 2 aromatic carbocycles. The minimum Gasteiger partial charge on any atom is -0.493 e. The van der Waals surface area contributed by atoms with E-state index in [1.807, 2.05) is 54.6 Å². The van der Waals surface area contributed by atoms with Crippen LogP contribution in [0.1, 0.15) is 16.9 Å². The molecule has 5 heteroatoms. The molecule has 2 heterocycles. The van der Waals surface area contributed by atoms with Crippen LogP contribution in [0.3, 0.4) is 0 Å². The molecule has 26 heavy (non-hydrogen) atoms. The molecule has 0 bridgehead atoms. The van der Waals surface area contributed by atoms with Crippen molar-refractivity contribution < 1.29 is 13.9 Å². The molecule has 1 amide bonds. The molecule has 0 saturated heterocycles. The molecular weight excluding hydrogens is 350 g/mol. The van der Waals surface area contributed by atoms with Crippen molar-refractivity contribution in [2.24, 2.45) is 0 Å². The SMILES string of the molecule is O=C(Cc1ccc2c(c1)CCO2)NCc1ccc(-c2ccc(Cl)cc2)o1. The van der Waals surface area contributed by atoms with Crippen LogP contribution in [0, 0.1) is 0 Å². The summed E-state index contributed by atoms with van der Waals surface area (Å²) >= 11 is 5.90. The molecular formula is C21H18ClNO3. The van der Waals surface area contributed by atoms with Gasteiger partial charge in [-0.05, 0) is 53.6 Å². The van der Waals surface area contributed by atoms with Gasteiger partial charge in [0.25, 0.3) is 0 Å². The lowest BCUT2D eigenvalue weighted by molar-refractivity contribution is -0.120. The Kier molecular flexibility index (Phi) is 4.67. The molecule has 0 spiro atoms. The first-order valence-corrected chi connectivity index (χ1v) is 8.91. The summed E-state index contributed by atoms with van der Waals surface area (Å²) in [6.07, 6.45) is 1.25. The molecule has 3 aromatic rings. The van der Waals surface area contributed by atoms with Crippen molar-refractivity contribution in [1.29, 1.82) is 0 Å². The number of benzene rings is 2. The number of carbonyl (C=O) groups excluding carboxylic acids is 1. The summed E-state index contributed by atoms with van der Waals surface area (Å²) in [6.45, 7) is 1.08. The number of fused-ring (bicyclic) bond motifs is 1. The van der Waals surface area contributed by atoms with Gasteiger partial charge >= 0.3 is 0 Å². The molecule has 0 unspecified atom stereocenters. The second-order valence-corrected chi connectivity index (χ2v) is 6.70. The van der Waals surface area contributed by atoms with Gasteiger partial charge in [-0.25, -0.2) is 0 Å². The van der Waals surface area contributed by atoms with Crippen molar-refractivity contribution in [3.05, 3.63) is 76.5 Å². The number of amides is 1. The highest BCUT2D eigenvalue weighted by molar-refractivity contribution is 6.30. The van der Waals surface area contributed by atoms with Gasteiger partial charge in [0, 0.05) is 17.0 Å². The lowest BCUT2D eigenvalue weighted by atomic mass is 10.1. The summed E-state index contributed by atoms with van der Waals surface area (Å²) in [4.78, 5) is 12.2. The zero-order valence-corrected chi connectivity index (χ0v) is 14.9. The fourth-order valence-electron chi connectivity index (χ4n) is 3.03. The molecule has 1 aliphatic rings. The van der Waals surface area contributed by atoms with Crippen molar-refractivity contribution in [3.8, 4) is 17.1 Å². The second kappa shape index (κ2) is 7.26. The Hall–Kier alpha value is -2.72. The second-order valence-electron chi connectivity index (χ2n) is 6.27. The van der Waals surface area contributed by atoms with E-state index in [9.17, 15) is 4.79 Å². The summed E-state index contributed by atoms with van der Waals surface area (Å²) in [5.41, 5.74) is 3.12. The summed E-state index contributed by atoms with van der Waals surface area (Å²) in [6, 6.07) is 17.1. The van der Waals surface area contributed by atoms with E-state index in [0.717, 1.165) is 35.7 Å². The topological polar surface area (TPSA) is 51.5 Å². The fourth-order valence-corrected chi connectivity index (χ4v) is 3.15. The third kappa shape index (κ3) is 3.75. The first kappa shape index (κ1) is 16.7. The molecule has 4 nitrogen and oxygen atoms in total. The first-order chi connectivity index (χ1) is 12.7. The van der Waals surface area contributed by atoms with Crippen LogP contribution in [0.15, 0.2) is 59.0 Å². The van der Waals surface area contributed by atoms with Gasteiger partial charge in [-0.15, -0.1) is 0 Å². The largest absolute Gasteiger partial charge is 0.493 e. The summed E-state index contributed by atoms with van der Waals surface area (Å²) in [7, 11) is 0. The van der Waals surface area contributed by atoms with E-state index in [4.69, 9.17) is 20.8 Å². The van der Waals surface area contributed by atoms with E-state index in [2.05, 4.69) is 5.32 Å². The quantitative estimate of drug-likeness (QED) is 0.727. The molecule has 1 aromatic heterocycles. The minimum atomic E-state index is -0.0340. The van der Waals surface area contributed by atoms with Crippen LogP contribution < -0.4 is 10.1 Å². The van der Waals surface area contributed by atoms with Crippen molar-refractivity contribution in [3.63, 3.8) is 0 Å². The van der Waals surface area contributed by atoms with Gasteiger partial charge in [0.2, 0.25) is 5.91 Å². The van der Waals surface area contributed by atoms with E-state index < -0.39 is 0 Å². The number of hydrogen-bond donors (Lipinski definition) is 1. The highest BCUT2D eigenvalue weighted by atomic mass is 35.5. The van der Waals surface area contributed by atoms with E-state index in [1.165, 1.54) is 5.56 Å². The average Bonchev–Trinajstić information content (AvgIpc) is 3.29. The zero-order valence-electron chi connectivity index (χ0n) is 14.1. The van der Waals surface area contributed by atoms with Crippen LogP contribution >= 0.6 is 11.6 Å². The van der Waals surface area contributed by atoms with Crippen LogP contribution in [0.5, 0.6) is 5.75 Å². The van der Waals surface area contributed by atoms with Crippen molar-refractivity contribution in [2.45, 2.75) is 19.4 Å². The maximum absolute atomic E-state index is 12.2. The number of nitrogens with one attached hydrogen (secondary N) is 1. The van der Waals surface area contributed by atoms with Gasteiger partial charge in [-0.1, -0.05) is 23.7 Å². The lowest BCUT2D eigenvalue weighted by Crippen LogP contribution is -2.24. The third-order valence-electron chi connectivity index (χ3n) is 4.37. The first-order valence-electron chi connectivity index (χ1n) is 8.53. The molecule has 0 radical (unpaired) electrons. The maximum Gasteiger partial charge on any atom is 0.224 e. The van der Waals surface area contributed by atoms with Crippen molar-refractivity contribution >= 4 is 17.5 Å². The summed E-state index contributed by atoms with van der Waals surface area (Å²) in [5.74, 6) is 2.36. The zero-order chi connectivity index (χ0) is 17.9. The Morgan fingerprint density at radius 1 is 1.08 bits per heavy atom. The van der Waals surface area contributed by atoms with Crippen molar-refractivity contribution in [1.82, 2.24) is 5.32 Å². The number of ether oxygens (including phenoxy) is 1. The Labute approximate surface area is 156 Å². The monoisotopic (exact) mass is 367 g/mol. The number of hydrogen-bond acceptors (Lipinski definition) is 3. The Bertz CT molecular complexity index is 931. The molecule has 0 aliphatic carbocycles. The number of rotatable bonds is 5. The van der Waals surface area contributed by atoms with Crippen LogP contribution in [0.25, 0.3) is 11.3 Å². The van der Waals surface area contributed by atoms with Gasteiger partial charge in [0.15, 0.2) is 0 Å². The summed E-state index contributed by atoms with van der Waals surface area (Å²) < 4.78 is 11.3. The average molecular weight is 368 g/mol. The highest BCUT2D eigenvalue weighted by Gasteiger charge is 2.13. The van der Waals surface area contributed by atoms with E-state index in [0.29, 0.717) is 23.7 Å². The fraction of sp³-hybridized carbons (Fsp3) is 0.190. The van der Waals surface area contributed by atoms with Crippen LogP contribution in [0.4, 0.5) is 0 Å². The van der Waals surface area contributed by atoms with Crippen LogP contribution in [-0.4, -0.2) is 12.5 Å². The molecule has 4 rings (SSSR count). The molecule has 1 aliphatic heterocycles. The third-order valence-corrected chi connectivity index (χ3v) is 4.62. The van der Waals surface area contributed by atoms with Crippen molar-refractivity contribution in [2.75, 3.05) is 6.61 Å². The molecule has 0 atom stereocenters. The predicted octanol–water partition coefficient (Wildman–Crippen LogP) is 4.39. The maximum atomic E-state index is 12.2. The lowest BCUT2D eigenvalue weighted by Gasteiger charge is -2.05. The van der Waals surface area contributed by atoms with Crippen LogP contribution in [0.2, 0.25) is 5.02 Å². The minimum absolute atomic E-state index is 0.0340. The highest BCUT2D eigenvalue weighted by Crippen LogP contribution is 2.26. The van der Waals surface area contributed by atoms with Gasteiger partial charge in [-0.2, -0.15) is 0 Å². The Morgan fingerprint density at radius 3 is 2.77 bits per heavy atom. The van der Waals surface area contributed by atoms with Gasteiger partial charge in [-0.3, -0.25) is 4.79 Å². The van der Waals surface area contributed by atoms with E-state index in [1.54, 1.807) is 0 Å². The number of halogens is 1. The van der Waals surface area contributed by atoms with Gasteiger partial charge < -0.3 is 14.5 Å². The van der Waals surface area contributed by atoms with E-state index in [-0.39, 0.29) is 5.91 Å². The normalized spacial score (nSPS) is 12.5. The van der Waals surface area contributed by atoms with Gasteiger partial charge in [0.05, 0.1) is 19.6 Å². The van der Waals surface area contributed by atoms with Crippen LogP contribution in [-0.2, 0) is 24.2 Å². The molecule has 0 fully saturated rings. The molecule has 1 N–H and O–H groups in total. The standard InChI is InChI=1S/C21H18ClNO3/c22-17-4-2-15(3-5-17)20-8-6-18(26-20)13-23-21(24)12-14-1-7-19-16(11-14)9-10-25-19/h1-8,11H,9-10,12-13H2,(H,23,24). The number of furan rings is 1. The number of carbonyl (C=O) groups is 1.